The molecule has 8 heteroatoms. The molecule has 2 rings (SSSR count). The van der Waals surface area contributed by atoms with Gasteiger partial charge in [-0.2, -0.15) is 13.2 Å². The molecule has 5 nitrogen and oxygen atoms in total. The first-order valence-corrected chi connectivity index (χ1v) is 6.83. The first-order chi connectivity index (χ1) is 10.7. The van der Waals surface area contributed by atoms with E-state index >= 15 is 0 Å². The van der Waals surface area contributed by atoms with Gasteiger partial charge < -0.3 is 15.2 Å². The van der Waals surface area contributed by atoms with Gasteiger partial charge in [-0.05, 0) is 32.0 Å². The van der Waals surface area contributed by atoms with Gasteiger partial charge in [0.1, 0.15) is 5.76 Å². The highest BCUT2D eigenvalue weighted by Gasteiger charge is 2.34. The first kappa shape index (κ1) is 16.9. The molecule has 0 saturated carbocycles. The minimum atomic E-state index is -4.55. The number of hydrogen-bond acceptors (Lipinski definition) is 4. The van der Waals surface area contributed by atoms with Gasteiger partial charge in [0.25, 0.3) is 0 Å². The van der Waals surface area contributed by atoms with E-state index < -0.39 is 17.6 Å². The van der Waals surface area contributed by atoms with Crippen molar-refractivity contribution < 1.29 is 22.5 Å². The monoisotopic (exact) mass is 327 g/mol. The van der Waals surface area contributed by atoms with Gasteiger partial charge in [-0.15, -0.1) is 0 Å². The molecule has 0 aliphatic rings. The van der Waals surface area contributed by atoms with Gasteiger partial charge >= 0.3 is 6.18 Å². The number of alkyl halides is 3. The fourth-order valence-electron chi connectivity index (χ4n) is 2.15. The lowest BCUT2D eigenvalue weighted by molar-refractivity contribution is -0.137. The van der Waals surface area contributed by atoms with Crippen molar-refractivity contribution in [1.82, 2.24) is 5.16 Å². The summed E-state index contributed by atoms with van der Waals surface area (Å²) in [6.07, 6.45) is -4.55. The van der Waals surface area contributed by atoms with Crippen molar-refractivity contribution in [3.05, 3.63) is 40.8 Å². The Hall–Kier alpha value is -2.51. The fourth-order valence-corrected chi connectivity index (χ4v) is 2.15. The molecular formula is C15H16F3N3O2. The number of halogens is 3. The molecule has 0 spiro atoms. The van der Waals surface area contributed by atoms with Crippen molar-refractivity contribution in [2.75, 3.05) is 10.6 Å². The Morgan fingerprint density at radius 1 is 1.30 bits per heavy atom. The van der Waals surface area contributed by atoms with Crippen molar-refractivity contribution in [3.8, 4) is 0 Å². The smallest absolute Gasteiger partial charge is 0.380 e. The number of hydrogen-bond donors (Lipinski definition) is 2. The molecule has 1 amide bonds. The summed E-state index contributed by atoms with van der Waals surface area (Å²) in [5.74, 6) is 0.118. The number of nitrogens with zero attached hydrogens (tertiary/aromatic N) is 1. The van der Waals surface area contributed by atoms with Gasteiger partial charge in [-0.3, -0.25) is 4.79 Å². The molecule has 0 radical (unpaired) electrons. The number of aryl methyl sites for hydroxylation is 2. The Balaban J connectivity index is 2.28. The summed E-state index contributed by atoms with van der Waals surface area (Å²) in [5.41, 5.74) is 0.498. The average molecular weight is 327 g/mol. The van der Waals surface area contributed by atoms with Crippen LogP contribution < -0.4 is 10.6 Å². The Kier molecular flexibility index (Phi) is 4.63. The summed E-state index contributed by atoms with van der Waals surface area (Å²) in [7, 11) is 0. The van der Waals surface area contributed by atoms with E-state index in [1.54, 1.807) is 13.8 Å². The molecule has 0 bridgehead atoms. The predicted octanol–water partition coefficient (Wildman–Crippen LogP) is 3.88. The molecule has 23 heavy (non-hydrogen) atoms. The second kappa shape index (κ2) is 6.31. The van der Waals surface area contributed by atoms with Gasteiger partial charge in [0, 0.05) is 30.4 Å². The van der Waals surface area contributed by atoms with E-state index in [0.717, 1.165) is 6.07 Å². The summed E-state index contributed by atoms with van der Waals surface area (Å²) in [5, 5.41) is 8.85. The van der Waals surface area contributed by atoms with Crippen LogP contribution in [0.1, 0.15) is 29.5 Å². The highest BCUT2D eigenvalue weighted by atomic mass is 19.4. The first-order valence-electron chi connectivity index (χ1n) is 6.83. The number of nitrogens with one attached hydrogen (secondary N) is 2. The number of carbonyl (C=O) groups excluding carboxylic acids is 1. The van der Waals surface area contributed by atoms with Gasteiger partial charge in [0.05, 0.1) is 11.3 Å². The van der Waals surface area contributed by atoms with E-state index in [0.29, 0.717) is 17.0 Å². The zero-order valence-electron chi connectivity index (χ0n) is 12.8. The molecule has 0 aliphatic heterocycles. The minimum absolute atomic E-state index is 0.0772. The largest absolute Gasteiger partial charge is 0.418 e. The van der Waals surface area contributed by atoms with E-state index in [9.17, 15) is 18.0 Å². The molecule has 1 aromatic carbocycles. The number of carbonyl (C=O) groups is 1. The Morgan fingerprint density at radius 3 is 2.52 bits per heavy atom. The number of benzene rings is 1. The lowest BCUT2D eigenvalue weighted by atomic mass is 10.1. The highest BCUT2D eigenvalue weighted by Crippen LogP contribution is 2.37. The second-order valence-electron chi connectivity index (χ2n) is 5.10. The van der Waals surface area contributed by atoms with Crippen LogP contribution in [0.15, 0.2) is 22.7 Å². The number of amides is 1. The fraction of sp³-hybridized carbons (Fsp3) is 0.333. The summed E-state index contributed by atoms with van der Waals surface area (Å²) in [4.78, 5) is 11.0. The maximum Gasteiger partial charge on any atom is 0.418 e. The lowest BCUT2D eigenvalue weighted by Crippen LogP contribution is -2.13. The zero-order valence-corrected chi connectivity index (χ0v) is 12.8. The van der Waals surface area contributed by atoms with Crippen molar-refractivity contribution in [2.24, 2.45) is 0 Å². The Labute approximate surface area is 130 Å². The summed E-state index contributed by atoms with van der Waals surface area (Å²) < 4.78 is 44.6. The molecule has 0 aliphatic carbocycles. The van der Waals surface area contributed by atoms with Crippen LogP contribution in [0.25, 0.3) is 0 Å². The summed E-state index contributed by atoms with van der Waals surface area (Å²) in [6.45, 7) is 4.81. The van der Waals surface area contributed by atoms with Crippen molar-refractivity contribution in [2.45, 2.75) is 33.5 Å². The maximum absolute atomic E-state index is 13.2. The van der Waals surface area contributed by atoms with Gasteiger partial charge in [0.15, 0.2) is 0 Å². The van der Waals surface area contributed by atoms with Crippen molar-refractivity contribution in [1.29, 1.82) is 0 Å². The van der Waals surface area contributed by atoms with Crippen LogP contribution in [0, 0.1) is 13.8 Å². The Bertz CT molecular complexity index is 704. The van der Waals surface area contributed by atoms with Crippen LogP contribution in [-0.4, -0.2) is 11.1 Å². The van der Waals surface area contributed by atoms with Crippen LogP contribution in [0.2, 0.25) is 0 Å². The predicted molar refractivity (Wildman–Crippen MR) is 79.1 cm³/mol. The van der Waals surface area contributed by atoms with Crippen LogP contribution in [0.4, 0.5) is 24.5 Å². The molecule has 124 valence electrons. The standard InChI is InChI=1S/C15H16F3N3O2/c1-8-12(9(2)23-21-8)7-19-14-5-4-11(20-10(3)22)6-13(14)15(16,17)18/h4-6,19H,7H2,1-3H3,(H,20,22). The molecule has 0 fully saturated rings. The number of rotatable bonds is 4. The number of anilines is 2. The highest BCUT2D eigenvalue weighted by molar-refractivity contribution is 5.89. The molecule has 2 aromatic rings. The summed E-state index contributed by atoms with van der Waals surface area (Å²) >= 11 is 0. The third-order valence-electron chi connectivity index (χ3n) is 3.28. The van der Waals surface area contributed by atoms with Gasteiger partial charge in [-0.25, -0.2) is 0 Å². The number of aromatic nitrogens is 1. The van der Waals surface area contributed by atoms with Gasteiger partial charge in [0.2, 0.25) is 5.91 Å². The third-order valence-corrected chi connectivity index (χ3v) is 3.28. The summed E-state index contributed by atoms with van der Waals surface area (Å²) in [6, 6.07) is 3.59. The van der Waals surface area contributed by atoms with Crippen molar-refractivity contribution >= 4 is 17.3 Å². The molecular weight excluding hydrogens is 311 g/mol. The molecule has 2 N–H and O–H groups in total. The van der Waals surface area contributed by atoms with E-state index in [-0.39, 0.29) is 17.9 Å². The normalized spacial score (nSPS) is 11.4. The van der Waals surface area contributed by atoms with Crippen LogP contribution in [0.3, 0.4) is 0 Å². The molecule has 1 aromatic heterocycles. The quantitative estimate of drug-likeness (QED) is 0.894. The minimum Gasteiger partial charge on any atom is -0.380 e. The molecule has 1 heterocycles. The molecule has 0 atom stereocenters. The second-order valence-corrected chi connectivity index (χ2v) is 5.10. The molecule has 0 unspecified atom stereocenters. The Morgan fingerprint density at radius 2 is 2.00 bits per heavy atom. The topological polar surface area (TPSA) is 67.2 Å². The average Bonchev–Trinajstić information content (AvgIpc) is 2.75. The maximum atomic E-state index is 13.2. The van der Waals surface area contributed by atoms with E-state index in [4.69, 9.17) is 4.52 Å². The van der Waals surface area contributed by atoms with Crippen LogP contribution in [0.5, 0.6) is 0 Å². The van der Waals surface area contributed by atoms with E-state index in [2.05, 4.69) is 15.8 Å². The van der Waals surface area contributed by atoms with Crippen molar-refractivity contribution in [3.63, 3.8) is 0 Å². The van der Waals surface area contributed by atoms with E-state index in [1.165, 1.54) is 19.1 Å². The zero-order chi connectivity index (χ0) is 17.2. The van der Waals surface area contributed by atoms with Gasteiger partial charge in [-0.1, -0.05) is 5.16 Å². The molecule has 0 saturated heterocycles. The van der Waals surface area contributed by atoms with E-state index in [1.807, 2.05) is 0 Å². The SMILES string of the molecule is CC(=O)Nc1ccc(NCc2c(C)noc2C)c(C(F)(F)F)c1. The lowest BCUT2D eigenvalue weighted by Gasteiger charge is -2.16. The van der Waals surface area contributed by atoms with Crippen LogP contribution >= 0.6 is 0 Å². The third kappa shape index (κ3) is 4.02. The van der Waals surface area contributed by atoms with Crippen LogP contribution in [-0.2, 0) is 17.5 Å².